The lowest BCUT2D eigenvalue weighted by atomic mass is 10.0. The van der Waals surface area contributed by atoms with Crippen LogP contribution in [0, 0.1) is 17.7 Å². The van der Waals surface area contributed by atoms with Crippen molar-refractivity contribution in [3.05, 3.63) is 34.6 Å². The Hall–Kier alpha value is -0.640. The molecular weight excluding hydrogens is 251 g/mol. The van der Waals surface area contributed by atoms with Crippen LogP contribution in [-0.4, -0.2) is 43.0 Å². The Morgan fingerprint density at radius 1 is 1.22 bits per heavy atom. The molecule has 4 heteroatoms. The van der Waals surface area contributed by atoms with Crippen molar-refractivity contribution in [1.82, 2.24) is 9.80 Å². The minimum atomic E-state index is -0.333. The number of nitrogens with zero attached hydrogens (tertiary/aromatic N) is 2. The van der Waals surface area contributed by atoms with Gasteiger partial charge in [-0.1, -0.05) is 17.7 Å². The maximum Gasteiger partial charge on any atom is 0.141 e. The highest BCUT2D eigenvalue weighted by molar-refractivity contribution is 6.30. The van der Waals surface area contributed by atoms with E-state index in [1.807, 2.05) is 6.07 Å². The highest BCUT2D eigenvalue weighted by Crippen LogP contribution is 2.31. The molecule has 0 aliphatic carbocycles. The van der Waals surface area contributed by atoms with Crippen LogP contribution in [0.5, 0.6) is 0 Å². The summed E-state index contributed by atoms with van der Waals surface area (Å²) in [6.45, 7) is 5.63. The minimum absolute atomic E-state index is 0.228. The zero-order valence-corrected chi connectivity index (χ0v) is 11.3. The van der Waals surface area contributed by atoms with Crippen LogP contribution in [0.1, 0.15) is 5.56 Å². The van der Waals surface area contributed by atoms with Gasteiger partial charge in [-0.05, 0) is 36.6 Å². The quantitative estimate of drug-likeness (QED) is 0.813. The van der Waals surface area contributed by atoms with Crippen LogP contribution in [-0.2, 0) is 6.54 Å². The van der Waals surface area contributed by atoms with Gasteiger partial charge in [0.1, 0.15) is 5.82 Å². The molecule has 2 atom stereocenters. The fourth-order valence-electron chi connectivity index (χ4n) is 3.35. The van der Waals surface area contributed by atoms with Crippen LogP contribution >= 0.6 is 11.6 Å². The first-order valence-electron chi connectivity index (χ1n) is 6.46. The normalized spacial score (nSPS) is 28.8. The summed E-state index contributed by atoms with van der Waals surface area (Å²) >= 11 is 5.81. The Bertz CT molecular complexity index is 437. The summed E-state index contributed by atoms with van der Waals surface area (Å²) in [6.07, 6.45) is 0. The van der Waals surface area contributed by atoms with Gasteiger partial charge in [0.05, 0.1) is 5.02 Å². The highest BCUT2D eigenvalue weighted by atomic mass is 35.5. The average molecular weight is 269 g/mol. The molecule has 2 fully saturated rings. The van der Waals surface area contributed by atoms with Crippen molar-refractivity contribution < 1.29 is 4.39 Å². The summed E-state index contributed by atoms with van der Waals surface area (Å²) in [6, 6.07) is 5.04. The zero-order valence-electron chi connectivity index (χ0n) is 10.6. The molecule has 2 saturated heterocycles. The molecule has 2 aliphatic heterocycles. The molecule has 3 rings (SSSR count). The predicted octanol–water partition coefficient (Wildman–Crippen LogP) is 2.47. The minimum Gasteiger partial charge on any atom is -0.306 e. The standard InChI is InChI=1S/C14H18ClFN2/c1-17-6-11-8-18(9-12(11)7-17)5-10-2-3-14(16)13(15)4-10/h2-4,11-12H,5-9H2,1H3/t11-,12+. The monoisotopic (exact) mass is 268 g/mol. The highest BCUT2D eigenvalue weighted by Gasteiger charge is 2.38. The van der Waals surface area contributed by atoms with Crippen molar-refractivity contribution in [3.63, 3.8) is 0 Å². The number of fused-ring (bicyclic) bond motifs is 1. The Morgan fingerprint density at radius 3 is 2.50 bits per heavy atom. The Labute approximate surface area is 112 Å². The van der Waals surface area contributed by atoms with Crippen molar-refractivity contribution in [2.45, 2.75) is 6.54 Å². The van der Waals surface area contributed by atoms with Gasteiger partial charge in [-0.15, -0.1) is 0 Å². The second-order valence-electron chi connectivity index (χ2n) is 5.68. The molecular formula is C14H18ClFN2. The van der Waals surface area contributed by atoms with Crippen molar-refractivity contribution in [2.24, 2.45) is 11.8 Å². The fourth-order valence-corrected chi connectivity index (χ4v) is 3.55. The number of hydrogen-bond donors (Lipinski definition) is 0. The van der Waals surface area contributed by atoms with E-state index in [9.17, 15) is 4.39 Å². The molecule has 1 aromatic carbocycles. The molecule has 2 aliphatic rings. The summed E-state index contributed by atoms with van der Waals surface area (Å²) in [5.74, 6) is 1.29. The van der Waals surface area contributed by atoms with E-state index in [2.05, 4.69) is 16.8 Å². The van der Waals surface area contributed by atoms with E-state index in [0.29, 0.717) is 0 Å². The van der Waals surface area contributed by atoms with Crippen molar-refractivity contribution >= 4 is 11.6 Å². The van der Waals surface area contributed by atoms with Crippen LogP contribution in [0.2, 0.25) is 5.02 Å². The largest absolute Gasteiger partial charge is 0.306 e. The molecule has 0 unspecified atom stereocenters. The summed E-state index contributed by atoms with van der Waals surface area (Å²) in [5.41, 5.74) is 1.11. The molecule has 2 heterocycles. The average Bonchev–Trinajstić information content (AvgIpc) is 2.80. The molecule has 2 nitrogen and oxygen atoms in total. The summed E-state index contributed by atoms with van der Waals surface area (Å²) < 4.78 is 13.1. The summed E-state index contributed by atoms with van der Waals surface area (Å²) in [5, 5.41) is 0.228. The summed E-state index contributed by atoms with van der Waals surface area (Å²) in [4.78, 5) is 4.88. The number of likely N-dealkylation sites (tertiary alicyclic amines) is 2. The van der Waals surface area contributed by atoms with Gasteiger partial charge in [-0.2, -0.15) is 0 Å². The van der Waals surface area contributed by atoms with Crippen molar-refractivity contribution in [2.75, 3.05) is 33.2 Å². The van der Waals surface area contributed by atoms with Crippen LogP contribution < -0.4 is 0 Å². The Kier molecular flexibility index (Phi) is 3.31. The second-order valence-corrected chi connectivity index (χ2v) is 6.09. The zero-order chi connectivity index (χ0) is 12.7. The van der Waals surface area contributed by atoms with Gasteiger partial charge in [-0.3, -0.25) is 4.90 Å². The first kappa shape index (κ1) is 12.4. The molecule has 18 heavy (non-hydrogen) atoms. The molecule has 0 radical (unpaired) electrons. The molecule has 0 aromatic heterocycles. The van der Waals surface area contributed by atoms with Crippen molar-refractivity contribution in [1.29, 1.82) is 0 Å². The Balaban J connectivity index is 1.63. The van der Waals surface area contributed by atoms with Crippen LogP contribution in [0.3, 0.4) is 0 Å². The van der Waals surface area contributed by atoms with Gasteiger partial charge in [0.2, 0.25) is 0 Å². The molecule has 1 aromatic rings. The van der Waals surface area contributed by atoms with Crippen LogP contribution in [0.25, 0.3) is 0 Å². The first-order chi connectivity index (χ1) is 8.61. The van der Waals surface area contributed by atoms with E-state index >= 15 is 0 Å². The van der Waals surface area contributed by atoms with Crippen LogP contribution in [0.15, 0.2) is 18.2 Å². The molecule has 0 amide bonds. The van der Waals surface area contributed by atoms with Gasteiger partial charge in [-0.25, -0.2) is 4.39 Å². The van der Waals surface area contributed by atoms with Crippen molar-refractivity contribution in [3.8, 4) is 0 Å². The first-order valence-corrected chi connectivity index (χ1v) is 6.84. The SMILES string of the molecule is CN1C[C@@H]2CN(Cc3ccc(F)c(Cl)c3)C[C@@H]2C1. The van der Waals surface area contributed by atoms with Gasteiger partial charge in [0.25, 0.3) is 0 Å². The molecule has 0 N–H and O–H groups in total. The van der Waals surface area contributed by atoms with Gasteiger partial charge >= 0.3 is 0 Å². The van der Waals surface area contributed by atoms with Crippen LogP contribution in [0.4, 0.5) is 4.39 Å². The topological polar surface area (TPSA) is 6.48 Å². The lowest BCUT2D eigenvalue weighted by Gasteiger charge is -2.19. The number of hydrogen-bond acceptors (Lipinski definition) is 2. The maximum atomic E-state index is 13.1. The molecule has 0 saturated carbocycles. The molecule has 0 bridgehead atoms. The van der Waals surface area contributed by atoms with E-state index in [4.69, 9.17) is 11.6 Å². The third-order valence-corrected chi connectivity index (χ3v) is 4.42. The lowest BCUT2D eigenvalue weighted by Crippen LogP contribution is -2.26. The third kappa shape index (κ3) is 2.40. The predicted molar refractivity (Wildman–Crippen MR) is 71.2 cm³/mol. The fraction of sp³-hybridized carbons (Fsp3) is 0.571. The van der Waals surface area contributed by atoms with E-state index in [0.717, 1.165) is 37.0 Å². The third-order valence-electron chi connectivity index (χ3n) is 4.13. The van der Waals surface area contributed by atoms with Gasteiger partial charge in [0, 0.05) is 32.7 Å². The van der Waals surface area contributed by atoms with Gasteiger partial charge < -0.3 is 4.90 Å². The number of halogens is 2. The lowest BCUT2D eigenvalue weighted by molar-refractivity contribution is 0.272. The second kappa shape index (κ2) is 4.80. The van der Waals surface area contributed by atoms with Gasteiger partial charge in [0.15, 0.2) is 0 Å². The van der Waals surface area contributed by atoms with E-state index < -0.39 is 0 Å². The van der Waals surface area contributed by atoms with E-state index in [-0.39, 0.29) is 10.8 Å². The molecule has 98 valence electrons. The Morgan fingerprint density at radius 2 is 1.89 bits per heavy atom. The number of rotatable bonds is 2. The smallest absolute Gasteiger partial charge is 0.141 e. The summed E-state index contributed by atoms with van der Waals surface area (Å²) in [7, 11) is 2.20. The van der Waals surface area contributed by atoms with E-state index in [1.165, 1.54) is 19.2 Å². The van der Waals surface area contributed by atoms with E-state index in [1.54, 1.807) is 6.07 Å². The maximum absolute atomic E-state index is 13.1. The molecule has 0 spiro atoms. The number of benzene rings is 1.